The molecule has 0 aromatic heterocycles. The van der Waals surface area contributed by atoms with Gasteiger partial charge in [-0.1, -0.05) is 5.11 Å². The van der Waals surface area contributed by atoms with Gasteiger partial charge >= 0.3 is 0 Å². The van der Waals surface area contributed by atoms with Crippen LogP contribution >= 0.6 is 0 Å². The predicted molar refractivity (Wildman–Crippen MR) is 22.8 cm³/mol. The zero-order valence-corrected chi connectivity index (χ0v) is 3.66. The average molecular weight is 97.1 g/mol. The zero-order valence-electron chi connectivity index (χ0n) is 3.66. The first-order valence-corrected chi connectivity index (χ1v) is 1.93. The van der Waals surface area contributed by atoms with Gasteiger partial charge in [-0.15, -0.1) is 0 Å². The van der Waals surface area contributed by atoms with Crippen LogP contribution < -0.4 is 5.11 Å². The average Bonchev–Trinajstić information content (AvgIpc) is 1.90. The third kappa shape index (κ3) is 1.17. The van der Waals surface area contributed by atoms with E-state index in [-0.39, 0.29) is 0 Å². The van der Waals surface area contributed by atoms with Crippen molar-refractivity contribution in [3.8, 4) is 0 Å². The maximum Gasteiger partial charge on any atom is 0.197 e. The summed E-state index contributed by atoms with van der Waals surface area (Å²) in [6.07, 6.45) is 6.68. The van der Waals surface area contributed by atoms with Crippen LogP contribution in [0.1, 0.15) is 0 Å². The Morgan fingerprint density at radius 1 is 1.43 bits per heavy atom. The second kappa shape index (κ2) is 2.12. The van der Waals surface area contributed by atoms with E-state index >= 15 is 0 Å². The quantitative estimate of drug-likeness (QED) is 0.434. The van der Waals surface area contributed by atoms with Crippen LogP contribution in [-0.2, 0) is 4.84 Å². The Morgan fingerprint density at radius 3 is 3.43 bits per heavy atom. The first kappa shape index (κ1) is 4.05. The van der Waals surface area contributed by atoms with Crippen molar-refractivity contribution in [3.05, 3.63) is 24.6 Å². The molecule has 0 unspecified atom stereocenters. The topological polar surface area (TPSA) is 35.6 Å². The van der Waals surface area contributed by atoms with Crippen LogP contribution in [-0.4, -0.2) is 0 Å². The van der Waals surface area contributed by atoms with E-state index in [1.54, 1.807) is 18.4 Å². The van der Waals surface area contributed by atoms with E-state index in [0.717, 1.165) is 0 Å². The molecule has 36 valence electrons. The van der Waals surface area contributed by atoms with E-state index in [1.165, 1.54) is 6.26 Å². The molecule has 3 nitrogen and oxygen atoms in total. The number of rotatable bonds is 0. The molecular formula is C4H5N2O+. The maximum atomic E-state index is 4.47. The number of nitrogens with one attached hydrogen (secondary N) is 1. The molecular weight excluding hydrogens is 92.1 g/mol. The summed E-state index contributed by atoms with van der Waals surface area (Å²) in [5.41, 5.74) is 0. The molecule has 0 amide bonds. The first-order valence-electron chi connectivity index (χ1n) is 1.93. The van der Waals surface area contributed by atoms with Gasteiger partial charge in [0.2, 0.25) is 0 Å². The Bertz CT molecular complexity index is 112. The van der Waals surface area contributed by atoms with E-state index in [4.69, 9.17) is 0 Å². The molecule has 0 saturated heterocycles. The zero-order chi connectivity index (χ0) is 4.95. The van der Waals surface area contributed by atoms with Crippen molar-refractivity contribution in [3.63, 3.8) is 0 Å². The molecule has 1 rings (SSSR count). The van der Waals surface area contributed by atoms with Gasteiger partial charge in [0.15, 0.2) is 11.5 Å². The Balaban J connectivity index is 2.60. The van der Waals surface area contributed by atoms with Gasteiger partial charge in [0, 0.05) is 6.08 Å². The van der Waals surface area contributed by atoms with Crippen molar-refractivity contribution < 1.29 is 9.95 Å². The van der Waals surface area contributed by atoms with Gasteiger partial charge < -0.3 is 4.84 Å². The van der Waals surface area contributed by atoms with Gasteiger partial charge in [0.05, 0.1) is 0 Å². The lowest BCUT2D eigenvalue weighted by atomic mass is 10.6. The van der Waals surface area contributed by atoms with E-state index in [2.05, 4.69) is 15.2 Å². The SMILES string of the molecule is C1=C[NH+]=NOC=C1. The van der Waals surface area contributed by atoms with Crippen molar-refractivity contribution in [2.24, 2.45) is 5.28 Å². The highest BCUT2D eigenvalue weighted by molar-refractivity contribution is 4.95. The fraction of sp³-hybridized carbons (Fsp3) is 0. The van der Waals surface area contributed by atoms with Gasteiger partial charge in [0.1, 0.15) is 6.26 Å². The predicted octanol–water partition coefficient (Wildman–Crippen LogP) is -0.508. The molecule has 1 heterocycles. The van der Waals surface area contributed by atoms with Crippen molar-refractivity contribution >= 4 is 0 Å². The van der Waals surface area contributed by atoms with Crippen LogP contribution in [0, 0.1) is 0 Å². The van der Waals surface area contributed by atoms with E-state index in [1.807, 2.05) is 0 Å². The lowest BCUT2D eigenvalue weighted by Crippen LogP contribution is -2.57. The highest BCUT2D eigenvalue weighted by Gasteiger charge is 1.77. The largest absolute Gasteiger partial charge is 0.316 e. The van der Waals surface area contributed by atoms with Crippen LogP contribution in [0.4, 0.5) is 0 Å². The van der Waals surface area contributed by atoms with Crippen molar-refractivity contribution in [1.82, 2.24) is 0 Å². The third-order valence-corrected chi connectivity index (χ3v) is 0.527. The van der Waals surface area contributed by atoms with Gasteiger partial charge in [-0.3, -0.25) is 0 Å². The fourth-order valence-corrected chi connectivity index (χ4v) is 0.270. The number of hydrogen-bond acceptors (Lipinski definition) is 2. The first-order chi connectivity index (χ1) is 3.50. The number of nitrogens with zero attached hydrogens (tertiary/aromatic N) is 1. The van der Waals surface area contributed by atoms with E-state index < -0.39 is 0 Å². The van der Waals surface area contributed by atoms with E-state index in [9.17, 15) is 0 Å². The molecule has 0 spiro atoms. The molecule has 0 radical (unpaired) electrons. The van der Waals surface area contributed by atoms with Gasteiger partial charge in [0.25, 0.3) is 0 Å². The molecule has 0 bridgehead atoms. The molecule has 0 aliphatic carbocycles. The molecule has 1 N–H and O–H groups in total. The number of allylic oxidation sites excluding steroid dienone is 2. The number of hydrogen-bond donors (Lipinski definition) is 1. The van der Waals surface area contributed by atoms with Crippen molar-refractivity contribution in [1.29, 1.82) is 0 Å². The lowest BCUT2D eigenvalue weighted by molar-refractivity contribution is -0.489. The summed E-state index contributed by atoms with van der Waals surface area (Å²) in [6.45, 7) is 0. The Morgan fingerprint density at radius 2 is 2.43 bits per heavy atom. The molecule has 0 saturated carbocycles. The standard InChI is InChI=1S/C4H4N2O/c1-2-4-7-6-5-3-1/h1-4H/p+1. The molecule has 0 atom stereocenters. The summed E-state index contributed by atoms with van der Waals surface area (Å²) in [7, 11) is 0. The molecule has 0 aromatic rings. The highest BCUT2D eigenvalue weighted by Crippen LogP contribution is 1.77. The van der Waals surface area contributed by atoms with Gasteiger partial charge in [-0.05, 0) is 6.08 Å². The van der Waals surface area contributed by atoms with Gasteiger partial charge in [-0.2, -0.15) is 0 Å². The van der Waals surface area contributed by atoms with Crippen molar-refractivity contribution in [2.45, 2.75) is 0 Å². The smallest absolute Gasteiger partial charge is 0.197 e. The maximum absolute atomic E-state index is 4.47. The summed E-state index contributed by atoms with van der Waals surface area (Å²) in [4.78, 5) is 4.47. The molecule has 0 fully saturated rings. The molecule has 7 heavy (non-hydrogen) atoms. The Labute approximate surface area is 41.0 Å². The monoisotopic (exact) mass is 97.0 g/mol. The molecule has 1 aliphatic rings. The highest BCUT2D eigenvalue weighted by atomic mass is 16.6. The minimum Gasteiger partial charge on any atom is -0.316 e. The van der Waals surface area contributed by atoms with Crippen LogP contribution in [0.2, 0.25) is 0 Å². The third-order valence-electron chi connectivity index (χ3n) is 0.527. The molecule has 3 heteroatoms. The lowest BCUT2D eigenvalue weighted by Gasteiger charge is -1.69. The fourth-order valence-electron chi connectivity index (χ4n) is 0.270. The second-order valence-corrected chi connectivity index (χ2v) is 1.01. The van der Waals surface area contributed by atoms with Crippen LogP contribution in [0.3, 0.4) is 0 Å². The normalized spacial score (nSPS) is 16.0. The van der Waals surface area contributed by atoms with Crippen LogP contribution in [0.5, 0.6) is 0 Å². The molecule has 1 aliphatic heterocycles. The second-order valence-electron chi connectivity index (χ2n) is 1.01. The van der Waals surface area contributed by atoms with E-state index in [0.29, 0.717) is 0 Å². The van der Waals surface area contributed by atoms with Crippen LogP contribution in [0.15, 0.2) is 29.9 Å². The summed E-state index contributed by atoms with van der Waals surface area (Å²) in [5, 5.41) is 5.85. The minimum absolute atomic E-state index is 1.48. The van der Waals surface area contributed by atoms with Crippen LogP contribution in [0.25, 0.3) is 0 Å². The summed E-state index contributed by atoms with van der Waals surface area (Å²) in [6, 6.07) is 0. The van der Waals surface area contributed by atoms with Crippen molar-refractivity contribution in [2.75, 3.05) is 0 Å². The molecule has 0 aromatic carbocycles. The summed E-state index contributed by atoms with van der Waals surface area (Å²) in [5.74, 6) is 0. The van der Waals surface area contributed by atoms with Gasteiger partial charge in [-0.25, -0.2) is 0 Å². The Hall–Kier alpha value is -1.12. The minimum atomic E-state index is 1.48. The summed E-state index contributed by atoms with van der Waals surface area (Å²) < 4.78 is 0. The summed E-state index contributed by atoms with van der Waals surface area (Å²) >= 11 is 0. The Kier molecular flexibility index (Phi) is 1.23.